The fraction of sp³-hybridized carbons (Fsp3) is 0.188. The van der Waals surface area contributed by atoms with E-state index in [4.69, 9.17) is 14.2 Å². The number of rotatable bonds is 5. The second kappa shape index (κ2) is 6.17. The molecule has 0 unspecified atom stereocenters. The van der Waals surface area contributed by atoms with Crippen LogP contribution in [-0.4, -0.2) is 32.4 Å². The van der Waals surface area contributed by atoms with E-state index in [2.05, 4.69) is 0 Å². The SMILES string of the molecule is COc1cc(OC)c(C(=O)O)c(-c2ccccc2OC)c1. The van der Waals surface area contributed by atoms with Crippen LogP contribution in [0.1, 0.15) is 10.4 Å². The molecule has 0 bridgehead atoms. The summed E-state index contributed by atoms with van der Waals surface area (Å²) in [6, 6.07) is 10.4. The fourth-order valence-electron chi connectivity index (χ4n) is 2.17. The van der Waals surface area contributed by atoms with Crippen LogP contribution >= 0.6 is 0 Å². The van der Waals surface area contributed by atoms with Crippen molar-refractivity contribution in [1.29, 1.82) is 0 Å². The lowest BCUT2D eigenvalue weighted by Gasteiger charge is -2.15. The Morgan fingerprint density at radius 3 is 2.14 bits per heavy atom. The van der Waals surface area contributed by atoms with Gasteiger partial charge in [-0.3, -0.25) is 0 Å². The summed E-state index contributed by atoms with van der Waals surface area (Å²) >= 11 is 0. The number of carboxylic acids is 1. The maximum atomic E-state index is 11.6. The van der Waals surface area contributed by atoms with E-state index in [0.717, 1.165) is 0 Å². The molecule has 21 heavy (non-hydrogen) atoms. The van der Waals surface area contributed by atoms with E-state index in [-0.39, 0.29) is 11.3 Å². The van der Waals surface area contributed by atoms with Gasteiger partial charge in [-0.1, -0.05) is 18.2 Å². The predicted molar refractivity (Wildman–Crippen MR) is 78.5 cm³/mol. The van der Waals surface area contributed by atoms with E-state index in [1.807, 2.05) is 12.1 Å². The van der Waals surface area contributed by atoms with E-state index in [9.17, 15) is 9.90 Å². The van der Waals surface area contributed by atoms with Gasteiger partial charge in [0.1, 0.15) is 22.8 Å². The molecular weight excluding hydrogens is 272 g/mol. The van der Waals surface area contributed by atoms with E-state index in [1.165, 1.54) is 21.3 Å². The van der Waals surface area contributed by atoms with Gasteiger partial charge < -0.3 is 19.3 Å². The maximum Gasteiger partial charge on any atom is 0.340 e. The topological polar surface area (TPSA) is 65.0 Å². The van der Waals surface area contributed by atoms with Crippen molar-refractivity contribution >= 4 is 5.97 Å². The molecule has 0 aliphatic carbocycles. The Labute approximate surface area is 122 Å². The first-order chi connectivity index (χ1) is 10.1. The van der Waals surface area contributed by atoms with Crippen LogP contribution in [0.3, 0.4) is 0 Å². The van der Waals surface area contributed by atoms with Gasteiger partial charge in [0.2, 0.25) is 0 Å². The van der Waals surface area contributed by atoms with Gasteiger partial charge in [0.05, 0.1) is 21.3 Å². The Morgan fingerprint density at radius 1 is 0.905 bits per heavy atom. The number of hydrogen-bond acceptors (Lipinski definition) is 4. The van der Waals surface area contributed by atoms with Gasteiger partial charge in [-0.25, -0.2) is 4.79 Å². The molecule has 0 aliphatic heterocycles. The van der Waals surface area contributed by atoms with Gasteiger partial charge in [0.15, 0.2) is 0 Å². The van der Waals surface area contributed by atoms with Crippen LogP contribution in [-0.2, 0) is 0 Å². The van der Waals surface area contributed by atoms with Crippen molar-refractivity contribution in [3.05, 3.63) is 42.0 Å². The van der Waals surface area contributed by atoms with E-state index >= 15 is 0 Å². The molecule has 0 radical (unpaired) electrons. The summed E-state index contributed by atoms with van der Waals surface area (Å²) in [6.45, 7) is 0. The maximum absolute atomic E-state index is 11.6. The van der Waals surface area contributed by atoms with Gasteiger partial charge in [-0.2, -0.15) is 0 Å². The number of methoxy groups -OCH3 is 3. The molecule has 0 atom stereocenters. The fourth-order valence-corrected chi connectivity index (χ4v) is 2.17. The summed E-state index contributed by atoms with van der Waals surface area (Å²) in [4.78, 5) is 11.6. The molecule has 2 aromatic rings. The number of carboxylic acid groups (broad SMARTS) is 1. The predicted octanol–water partition coefficient (Wildman–Crippen LogP) is 3.08. The molecule has 1 N–H and O–H groups in total. The summed E-state index contributed by atoms with van der Waals surface area (Å²) in [5, 5.41) is 9.50. The Bertz CT molecular complexity index is 664. The standard InChI is InChI=1S/C16H16O5/c1-19-10-8-12(11-6-4-5-7-13(11)20-2)15(16(17)18)14(9-10)21-3/h4-9H,1-3H3,(H,17,18). The summed E-state index contributed by atoms with van der Waals surface area (Å²) in [5.41, 5.74) is 1.22. The van der Waals surface area contributed by atoms with E-state index < -0.39 is 5.97 Å². The minimum Gasteiger partial charge on any atom is -0.497 e. The van der Waals surface area contributed by atoms with Crippen LogP contribution in [0.2, 0.25) is 0 Å². The monoisotopic (exact) mass is 288 g/mol. The minimum absolute atomic E-state index is 0.0720. The van der Waals surface area contributed by atoms with Crippen molar-refractivity contribution in [2.24, 2.45) is 0 Å². The number of benzene rings is 2. The lowest BCUT2D eigenvalue weighted by molar-refractivity contribution is 0.0694. The van der Waals surface area contributed by atoms with Crippen LogP contribution < -0.4 is 14.2 Å². The third kappa shape index (κ3) is 2.76. The van der Waals surface area contributed by atoms with E-state index in [1.54, 1.807) is 24.3 Å². The first-order valence-corrected chi connectivity index (χ1v) is 6.25. The van der Waals surface area contributed by atoms with Gasteiger partial charge in [-0.15, -0.1) is 0 Å². The first kappa shape index (κ1) is 14.7. The molecule has 0 spiro atoms. The van der Waals surface area contributed by atoms with Crippen molar-refractivity contribution in [1.82, 2.24) is 0 Å². The number of hydrogen-bond donors (Lipinski definition) is 1. The normalized spacial score (nSPS) is 10.0. The third-order valence-corrected chi connectivity index (χ3v) is 3.14. The molecule has 5 nitrogen and oxygen atoms in total. The highest BCUT2D eigenvalue weighted by Crippen LogP contribution is 2.39. The highest BCUT2D eigenvalue weighted by Gasteiger charge is 2.21. The molecule has 5 heteroatoms. The molecule has 0 heterocycles. The second-order valence-corrected chi connectivity index (χ2v) is 4.26. The Balaban J connectivity index is 2.79. The largest absolute Gasteiger partial charge is 0.497 e. The van der Waals surface area contributed by atoms with Crippen LogP contribution in [0.5, 0.6) is 17.2 Å². The van der Waals surface area contributed by atoms with Crippen LogP contribution in [0.25, 0.3) is 11.1 Å². The van der Waals surface area contributed by atoms with Crippen molar-refractivity contribution in [2.75, 3.05) is 21.3 Å². The van der Waals surface area contributed by atoms with Crippen LogP contribution in [0.15, 0.2) is 36.4 Å². The Kier molecular flexibility index (Phi) is 4.33. The van der Waals surface area contributed by atoms with Crippen molar-refractivity contribution in [3.8, 4) is 28.4 Å². The van der Waals surface area contributed by atoms with Gasteiger partial charge >= 0.3 is 5.97 Å². The van der Waals surface area contributed by atoms with Crippen molar-refractivity contribution < 1.29 is 24.1 Å². The number of ether oxygens (including phenoxy) is 3. The van der Waals surface area contributed by atoms with E-state index in [0.29, 0.717) is 22.6 Å². The van der Waals surface area contributed by atoms with Crippen molar-refractivity contribution in [2.45, 2.75) is 0 Å². The van der Waals surface area contributed by atoms with Gasteiger partial charge in [0.25, 0.3) is 0 Å². The quantitative estimate of drug-likeness (QED) is 0.916. The third-order valence-electron chi connectivity index (χ3n) is 3.14. The van der Waals surface area contributed by atoms with Gasteiger partial charge in [0, 0.05) is 17.2 Å². The summed E-state index contributed by atoms with van der Waals surface area (Å²) in [6.07, 6.45) is 0. The molecule has 0 saturated carbocycles. The number of carbonyl (C=O) groups is 1. The molecule has 0 saturated heterocycles. The molecule has 0 aliphatic rings. The van der Waals surface area contributed by atoms with Crippen LogP contribution in [0.4, 0.5) is 0 Å². The summed E-state index contributed by atoms with van der Waals surface area (Å²) in [5.74, 6) is 0.256. The Hall–Kier alpha value is -2.69. The highest BCUT2D eigenvalue weighted by atomic mass is 16.5. The number of para-hydroxylation sites is 1. The van der Waals surface area contributed by atoms with Crippen molar-refractivity contribution in [3.63, 3.8) is 0 Å². The zero-order chi connectivity index (χ0) is 15.4. The lowest BCUT2D eigenvalue weighted by atomic mass is 9.97. The Morgan fingerprint density at radius 2 is 1.57 bits per heavy atom. The second-order valence-electron chi connectivity index (χ2n) is 4.26. The minimum atomic E-state index is -1.07. The average molecular weight is 288 g/mol. The smallest absolute Gasteiger partial charge is 0.340 e. The highest BCUT2D eigenvalue weighted by molar-refractivity contribution is 6.00. The molecule has 0 aromatic heterocycles. The molecule has 2 rings (SSSR count). The number of aromatic carboxylic acids is 1. The zero-order valence-electron chi connectivity index (χ0n) is 12.0. The summed E-state index contributed by atoms with van der Waals surface area (Å²) in [7, 11) is 4.48. The molecular formula is C16H16O5. The molecule has 110 valence electrons. The lowest BCUT2D eigenvalue weighted by Crippen LogP contribution is -2.04. The molecule has 0 amide bonds. The zero-order valence-corrected chi connectivity index (χ0v) is 12.0. The first-order valence-electron chi connectivity index (χ1n) is 6.25. The molecule has 0 fully saturated rings. The average Bonchev–Trinajstić information content (AvgIpc) is 2.53. The van der Waals surface area contributed by atoms with Gasteiger partial charge in [-0.05, 0) is 12.1 Å². The van der Waals surface area contributed by atoms with Crippen LogP contribution in [0, 0.1) is 0 Å². The summed E-state index contributed by atoms with van der Waals surface area (Å²) < 4.78 is 15.7. The molecule has 2 aromatic carbocycles.